The predicted molar refractivity (Wildman–Crippen MR) is 76.9 cm³/mol. The normalized spacial score (nSPS) is 33.5. The van der Waals surface area contributed by atoms with Gasteiger partial charge in [-0.2, -0.15) is 0 Å². The van der Waals surface area contributed by atoms with E-state index in [1.165, 1.54) is 0 Å². The van der Waals surface area contributed by atoms with Crippen molar-refractivity contribution in [2.24, 2.45) is 0 Å². The Kier molecular flexibility index (Phi) is 3.93. The van der Waals surface area contributed by atoms with E-state index in [2.05, 4.69) is 33.9 Å². The number of ether oxygens (including phenoxy) is 3. The lowest BCUT2D eigenvalue weighted by Crippen LogP contribution is -2.44. The molecule has 6 heteroatoms. The van der Waals surface area contributed by atoms with Gasteiger partial charge in [-0.05, 0) is 32.0 Å². The average Bonchev–Trinajstić information content (AvgIpc) is 2.69. The van der Waals surface area contributed by atoms with E-state index in [-0.39, 0.29) is 17.4 Å². The van der Waals surface area contributed by atoms with Crippen molar-refractivity contribution in [1.29, 1.82) is 0 Å². The summed E-state index contributed by atoms with van der Waals surface area (Å²) < 4.78 is 22.8. The van der Waals surface area contributed by atoms with Crippen molar-refractivity contribution in [3.63, 3.8) is 0 Å². The summed E-state index contributed by atoms with van der Waals surface area (Å²) in [5, 5.41) is 0.111. The first kappa shape index (κ1) is 16.1. The number of Topliss-reactive ketones (excluding diaryl/α,β-unsaturated/α-hetero) is 1. The zero-order chi connectivity index (χ0) is 15.3. The van der Waals surface area contributed by atoms with Gasteiger partial charge in [-0.1, -0.05) is 20.8 Å². The number of fused-ring (bicyclic) bond motifs is 1. The van der Waals surface area contributed by atoms with E-state index in [1.54, 1.807) is 13.8 Å². The summed E-state index contributed by atoms with van der Waals surface area (Å²) in [6.07, 6.45) is -1.78. The van der Waals surface area contributed by atoms with Crippen LogP contribution in [0.1, 0.15) is 34.6 Å². The van der Waals surface area contributed by atoms with Crippen molar-refractivity contribution in [1.82, 2.24) is 0 Å². The SMILES string of the molecule is CC1(C)OC2O[C@H](CO[Si](C)(C)C(C)(C)C)C(=O)[C@H]2O1. The minimum Gasteiger partial charge on any atom is -0.414 e. The van der Waals surface area contributed by atoms with Crippen LogP contribution in [0.15, 0.2) is 0 Å². The van der Waals surface area contributed by atoms with Crippen molar-refractivity contribution < 1.29 is 23.4 Å². The van der Waals surface area contributed by atoms with Crippen LogP contribution < -0.4 is 0 Å². The molecule has 0 aromatic carbocycles. The molecule has 2 fully saturated rings. The Hall–Kier alpha value is -0.273. The number of carbonyl (C=O) groups is 1. The molecule has 5 nitrogen and oxygen atoms in total. The summed E-state index contributed by atoms with van der Waals surface area (Å²) in [7, 11) is -1.88. The first-order chi connectivity index (χ1) is 8.93. The fourth-order valence-corrected chi connectivity index (χ4v) is 3.06. The number of ketones is 1. The molecule has 0 N–H and O–H groups in total. The zero-order valence-electron chi connectivity index (χ0n) is 13.5. The zero-order valence-corrected chi connectivity index (χ0v) is 14.5. The minimum atomic E-state index is -1.88. The van der Waals surface area contributed by atoms with Crippen molar-refractivity contribution in [3.05, 3.63) is 0 Å². The van der Waals surface area contributed by atoms with Gasteiger partial charge in [0.15, 0.2) is 32.3 Å². The Labute approximate surface area is 122 Å². The molecule has 0 aromatic heterocycles. The van der Waals surface area contributed by atoms with E-state index in [9.17, 15) is 4.79 Å². The maximum absolute atomic E-state index is 12.2. The molecule has 0 saturated carbocycles. The highest BCUT2D eigenvalue weighted by Crippen LogP contribution is 2.38. The van der Waals surface area contributed by atoms with Gasteiger partial charge >= 0.3 is 0 Å². The Balaban J connectivity index is 1.93. The van der Waals surface area contributed by atoms with Crippen molar-refractivity contribution in [2.45, 2.75) is 77.0 Å². The van der Waals surface area contributed by atoms with Crippen LogP contribution in [0.4, 0.5) is 0 Å². The quantitative estimate of drug-likeness (QED) is 0.750. The average molecular weight is 302 g/mol. The van der Waals surface area contributed by atoms with Crippen LogP contribution in [0, 0.1) is 0 Å². The van der Waals surface area contributed by atoms with Crippen LogP contribution in [-0.2, 0) is 23.4 Å². The molecule has 2 aliphatic rings. The molecule has 0 aliphatic carbocycles. The largest absolute Gasteiger partial charge is 0.414 e. The van der Waals surface area contributed by atoms with Gasteiger partial charge in [0.05, 0.1) is 6.61 Å². The van der Waals surface area contributed by atoms with Gasteiger partial charge in [-0.15, -0.1) is 0 Å². The third kappa shape index (κ3) is 2.99. The van der Waals surface area contributed by atoms with E-state index in [1.807, 2.05) is 0 Å². The lowest BCUT2D eigenvalue weighted by Gasteiger charge is -2.36. The molecular formula is C14H26O5Si. The first-order valence-corrected chi connectivity index (χ1v) is 10.0. The van der Waals surface area contributed by atoms with Crippen LogP contribution in [0.2, 0.25) is 18.1 Å². The number of carbonyl (C=O) groups excluding carboxylic acids is 1. The van der Waals surface area contributed by atoms with Gasteiger partial charge in [0.25, 0.3) is 0 Å². The fourth-order valence-electron chi connectivity index (χ4n) is 2.06. The minimum absolute atomic E-state index is 0.0701. The van der Waals surface area contributed by atoms with Gasteiger partial charge in [0, 0.05) is 0 Å². The Bertz CT molecular complexity index is 399. The highest BCUT2D eigenvalue weighted by atomic mass is 28.4. The molecule has 2 saturated heterocycles. The van der Waals surface area contributed by atoms with Crippen LogP contribution in [0.25, 0.3) is 0 Å². The Morgan fingerprint density at radius 2 is 1.85 bits per heavy atom. The third-order valence-electron chi connectivity index (χ3n) is 4.36. The first-order valence-electron chi connectivity index (χ1n) is 7.12. The van der Waals surface area contributed by atoms with Gasteiger partial charge in [-0.25, -0.2) is 0 Å². The molecule has 0 spiro atoms. The summed E-state index contributed by atoms with van der Waals surface area (Å²) in [6.45, 7) is 14.7. The number of hydrogen-bond donors (Lipinski definition) is 0. The second-order valence-corrected chi connectivity index (χ2v) is 12.3. The van der Waals surface area contributed by atoms with Crippen molar-refractivity contribution in [3.8, 4) is 0 Å². The van der Waals surface area contributed by atoms with Crippen molar-refractivity contribution in [2.75, 3.05) is 6.61 Å². The highest BCUT2D eigenvalue weighted by Gasteiger charge is 2.54. The van der Waals surface area contributed by atoms with E-state index < -0.39 is 32.6 Å². The molecule has 0 aromatic rings. The lowest BCUT2D eigenvalue weighted by molar-refractivity contribution is -0.206. The van der Waals surface area contributed by atoms with Gasteiger partial charge in [-0.3, -0.25) is 4.79 Å². The van der Waals surface area contributed by atoms with Gasteiger partial charge in [0.1, 0.15) is 6.10 Å². The van der Waals surface area contributed by atoms with Crippen LogP contribution in [0.5, 0.6) is 0 Å². The highest BCUT2D eigenvalue weighted by molar-refractivity contribution is 6.74. The van der Waals surface area contributed by atoms with Gasteiger partial charge in [0.2, 0.25) is 0 Å². The second kappa shape index (κ2) is 4.88. The van der Waals surface area contributed by atoms with E-state index in [4.69, 9.17) is 18.6 Å². The molecule has 0 bridgehead atoms. The molecule has 1 unspecified atom stereocenters. The van der Waals surface area contributed by atoms with Crippen LogP contribution in [0.3, 0.4) is 0 Å². The lowest BCUT2D eigenvalue weighted by atomic mass is 10.2. The fraction of sp³-hybridized carbons (Fsp3) is 0.929. The molecule has 0 radical (unpaired) electrons. The van der Waals surface area contributed by atoms with E-state index in [0.717, 1.165) is 0 Å². The summed E-state index contributed by atoms with van der Waals surface area (Å²) in [4.78, 5) is 12.2. The predicted octanol–water partition coefficient (Wildman–Crippen LogP) is 2.45. The molecule has 3 atom stereocenters. The molecule has 20 heavy (non-hydrogen) atoms. The molecule has 2 aliphatic heterocycles. The monoisotopic (exact) mass is 302 g/mol. The number of hydrogen-bond acceptors (Lipinski definition) is 5. The Morgan fingerprint density at radius 3 is 2.35 bits per heavy atom. The van der Waals surface area contributed by atoms with Gasteiger partial charge < -0.3 is 18.6 Å². The summed E-state index contributed by atoms with van der Waals surface area (Å²) in [5.74, 6) is -0.824. The van der Waals surface area contributed by atoms with E-state index in [0.29, 0.717) is 0 Å². The summed E-state index contributed by atoms with van der Waals surface area (Å²) in [6, 6.07) is 0. The maximum atomic E-state index is 12.2. The maximum Gasteiger partial charge on any atom is 0.197 e. The summed E-state index contributed by atoms with van der Waals surface area (Å²) >= 11 is 0. The smallest absolute Gasteiger partial charge is 0.197 e. The summed E-state index contributed by atoms with van der Waals surface area (Å²) in [5.41, 5.74) is 0. The standard InChI is InChI=1S/C14H26O5Si/c1-13(2,3)20(6,7)16-8-9-10(15)11-12(17-9)19-14(4,5)18-11/h9,11-12H,8H2,1-7H3/t9-,11-,12?/m1/s1. The van der Waals surface area contributed by atoms with Crippen LogP contribution >= 0.6 is 0 Å². The van der Waals surface area contributed by atoms with Crippen LogP contribution in [-0.4, -0.2) is 45.0 Å². The Morgan fingerprint density at radius 1 is 1.25 bits per heavy atom. The number of rotatable bonds is 3. The molecule has 0 amide bonds. The molecule has 2 heterocycles. The third-order valence-corrected chi connectivity index (χ3v) is 8.86. The molecule has 116 valence electrons. The van der Waals surface area contributed by atoms with Crippen molar-refractivity contribution >= 4 is 14.1 Å². The topological polar surface area (TPSA) is 54.0 Å². The van der Waals surface area contributed by atoms with E-state index >= 15 is 0 Å². The molecule has 2 rings (SSSR count). The second-order valence-electron chi connectivity index (χ2n) is 7.52. The molecular weight excluding hydrogens is 276 g/mol.